The van der Waals surface area contributed by atoms with Gasteiger partial charge in [0.1, 0.15) is 30.2 Å². The Hall–Kier alpha value is -7.55. The molecule has 0 aliphatic heterocycles. The number of para-hydroxylation sites is 2. The molecule has 366 valence electrons. The van der Waals surface area contributed by atoms with E-state index in [0.717, 1.165) is 34.3 Å². The zero-order valence-corrected chi connectivity index (χ0v) is 38.8. The van der Waals surface area contributed by atoms with Crippen LogP contribution in [-0.2, 0) is 57.6 Å². The van der Waals surface area contributed by atoms with Crippen LogP contribution in [-0.4, -0.2) is 114 Å². The zero-order valence-electron chi connectivity index (χ0n) is 38.8. The first kappa shape index (κ1) is 53.1. The largest absolute Gasteiger partial charge is 0.481 e. The standard InChI is InChI=1S/C45H59N11O8.C2H4O2/c1-24(2)15-35(42(60)52-34(13-14-39(47)57)41(59)56-38(45(63)64)16-25(3)4)54-43(61)36(18-27-21-50-33-12-8-6-10-30(27)33)55-44(62)37(19-28-22-48-23-51-28)53-40(58)31(46)17-26-20-49-32-11-7-5-9-29(26)32;1-2(3)4/h5-12,20-25,31,34-38,49-50H,13-19,46H2,1-4H3,(H2,47,57)(H,48,51)(H,52,60)(H,53,58)(H,54,61)(H,55,62)(H,56,59)(H,63,64);1H3,(H,3,4)/t31-,34-,35-,36-,37-,38-;/m0./s1. The minimum Gasteiger partial charge on any atom is -0.481 e. The predicted octanol–water partition coefficient (Wildman–Crippen LogP) is 1.68. The average Bonchev–Trinajstić information content (AvgIpc) is 4.04. The van der Waals surface area contributed by atoms with E-state index < -0.39 is 83.6 Å². The van der Waals surface area contributed by atoms with E-state index in [1.165, 1.54) is 12.5 Å². The van der Waals surface area contributed by atoms with Gasteiger partial charge in [-0.25, -0.2) is 9.78 Å². The molecular formula is C47H63N11O10. The van der Waals surface area contributed by atoms with Crippen molar-refractivity contribution in [3.05, 3.63) is 90.3 Å². The number of H-pyrrole nitrogens is 3. The number of nitrogens with zero attached hydrogens (tertiary/aromatic N) is 1. The number of carbonyl (C=O) groups excluding carboxylic acids is 6. The molecule has 0 saturated heterocycles. The Kier molecular flexibility index (Phi) is 19.8. The summed E-state index contributed by atoms with van der Waals surface area (Å²) in [6.07, 6.45) is 6.19. The molecule has 0 unspecified atom stereocenters. The molecule has 0 aliphatic carbocycles. The van der Waals surface area contributed by atoms with Crippen molar-refractivity contribution in [1.82, 2.24) is 46.5 Å². The number of primary amides is 1. The number of imidazole rings is 1. The van der Waals surface area contributed by atoms with Gasteiger partial charge in [0, 0.05) is 72.3 Å². The molecule has 0 radical (unpaired) electrons. The number of nitrogens with two attached hydrogens (primary N) is 2. The highest BCUT2D eigenvalue weighted by atomic mass is 16.4. The Morgan fingerprint density at radius 2 is 1.04 bits per heavy atom. The summed E-state index contributed by atoms with van der Waals surface area (Å²) in [4.78, 5) is 116. The van der Waals surface area contributed by atoms with Crippen LogP contribution in [0.2, 0.25) is 0 Å². The third-order valence-corrected chi connectivity index (χ3v) is 10.8. The summed E-state index contributed by atoms with van der Waals surface area (Å²) in [6, 6.07) is 7.50. The smallest absolute Gasteiger partial charge is 0.326 e. The van der Waals surface area contributed by atoms with Crippen molar-refractivity contribution < 1.29 is 48.6 Å². The molecule has 3 heterocycles. The lowest BCUT2D eigenvalue weighted by Crippen LogP contribution is -2.60. The van der Waals surface area contributed by atoms with Gasteiger partial charge in [0.2, 0.25) is 35.4 Å². The van der Waals surface area contributed by atoms with Crippen LogP contribution >= 0.6 is 0 Å². The van der Waals surface area contributed by atoms with Gasteiger partial charge in [-0.05, 0) is 60.8 Å². The number of aliphatic carboxylic acids is 2. The summed E-state index contributed by atoms with van der Waals surface area (Å²) in [6.45, 7) is 8.31. The van der Waals surface area contributed by atoms with Gasteiger partial charge in [0.15, 0.2) is 0 Å². The Balaban J connectivity index is 0.00000242. The van der Waals surface area contributed by atoms with Crippen molar-refractivity contribution in [3.63, 3.8) is 0 Å². The van der Waals surface area contributed by atoms with Gasteiger partial charge in [-0.15, -0.1) is 0 Å². The summed E-state index contributed by atoms with van der Waals surface area (Å²) in [5, 5.41) is 32.3. The summed E-state index contributed by atoms with van der Waals surface area (Å²) < 4.78 is 0. The molecule has 14 N–H and O–H groups in total. The number of nitrogens with one attached hydrogen (secondary N) is 8. The van der Waals surface area contributed by atoms with Crippen LogP contribution in [0, 0.1) is 11.8 Å². The number of hydrogen-bond donors (Lipinski definition) is 12. The molecule has 0 fully saturated rings. The topological polar surface area (TPSA) is 349 Å². The van der Waals surface area contributed by atoms with E-state index >= 15 is 0 Å². The number of carbonyl (C=O) groups is 8. The van der Waals surface area contributed by atoms with Crippen molar-refractivity contribution in [2.24, 2.45) is 23.3 Å². The number of rotatable bonds is 24. The summed E-state index contributed by atoms with van der Waals surface area (Å²) in [7, 11) is 0. The van der Waals surface area contributed by atoms with Gasteiger partial charge in [-0.3, -0.25) is 33.6 Å². The Labute approximate surface area is 392 Å². The maximum absolute atomic E-state index is 14.5. The zero-order chi connectivity index (χ0) is 50.1. The van der Waals surface area contributed by atoms with E-state index in [9.17, 15) is 38.7 Å². The number of aromatic nitrogens is 4. The molecule has 21 nitrogen and oxygen atoms in total. The van der Waals surface area contributed by atoms with Gasteiger partial charge < -0.3 is 63.2 Å². The summed E-state index contributed by atoms with van der Waals surface area (Å²) in [5.74, 6) is -6.80. The molecule has 5 rings (SSSR count). The SMILES string of the molecule is CC(=O)O.CC(C)C[C@H](NC(=O)[C@H](CCC(N)=O)NC(=O)[C@H](CC(C)C)NC(=O)[C@H](Cc1c[nH]c2ccccc12)NC(=O)[C@H](Cc1cnc[nH]1)NC(=O)[C@@H](N)Cc1c[nH]c2ccccc12)C(=O)O. The monoisotopic (exact) mass is 941 g/mol. The number of carboxylic acid groups (broad SMARTS) is 2. The van der Waals surface area contributed by atoms with Crippen molar-refractivity contribution in [2.45, 2.75) is 116 Å². The molecule has 6 amide bonds. The van der Waals surface area contributed by atoms with Crippen LogP contribution in [0.4, 0.5) is 0 Å². The van der Waals surface area contributed by atoms with Crippen molar-refractivity contribution in [2.75, 3.05) is 0 Å². The van der Waals surface area contributed by atoms with Gasteiger partial charge in [-0.2, -0.15) is 0 Å². The van der Waals surface area contributed by atoms with Gasteiger partial charge in [0.25, 0.3) is 5.97 Å². The van der Waals surface area contributed by atoms with E-state index in [2.05, 4.69) is 46.5 Å². The number of hydrogen-bond acceptors (Lipinski definition) is 10. The van der Waals surface area contributed by atoms with Crippen LogP contribution in [0.25, 0.3) is 21.8 Å². The fourth-order valence-electron chi connectivity index (χ4n) is 7.50. The first-order valence-corrected chi connectivity index (χ1v) is 22.3. The minimum absolute atomic E-state index is 0.0359. The highest BCUT2D eigenvalue weighted by Crippen LogP contribution is 2.21. The highest BCUT2D eigenvalue weighted by Gasteiger charge is 2.34. The minimum atomic E-state index is -1.38. The second-order valence-corrected chi connectivity index (χ2v) is 17.4. The van der Waals surface area contributed by atoms with E-state index in [0.29, 0.717) is 11.3 Å². The summed E-state index contributed by atoms with van der Waals surface area (Å²) in [5.41, 5.74) is 15.5. The Bertz CT molecular complexity index is 2510. The van der Waals surface area contributed by atoms with Crippen LogP contribution in [0.3, 0.4) is 0 Å². The van der Waals surface area contributed by atoms with E-state index in [-0.39, 0.29) is 56.8 Å². The fourth-order valence-corrected chi connectivity index (χ4v) is 7.50. The molecule has 5 aromatic rings. The molecule has 6 atom stereocenters. The predicted molar refractivity (Wildman–Crippen MR) is 252 cm³/mol. The second kappa shape index (κ2) is 25.4. The maximum atomic E-state index is 14.5. The highest BCUT2D eigenvalue weighted by molar-refractivity contribution is 5.97. The maximum Gasteiger partial charge on any atom is 0.326 e. The normalized spacial score (nSPS) is 13.8. The fraction of sp³-hybridized carbons (Fsp3) is 0.426. The van der Waals surface area contributed by atoms with E-state index in [4.69, 9.17) is 21.4 Å². The number of fused-ring (bicyclic) bond motifs is 2. The lowest BCUT2D eigenvalue weighted by molar-refractivity contribution is -0.143. The Morgan fingerprint density at radius 1 is 0.603 bits per heavy atom. The number of carboxylic acids is 2. The quantitative estimate of drug-likeness (QED) is 0.0421. The number of benzene rings is 2. The molecule has 0 spiro atoms. The van der Waals surface area contributed by atoms with Gasteiger partial charge in [-0.1, -0.05) is 64.1 Å². The molecule has 3 aromatic heterocycles. The molecular weight excluding hydrogens is 879 g/mol. The van der Waals surface area contributed by atoms with Crippen molar-refractivity contribution >= 4 is 69.2 Å². The first-order chi connectivity index (χ1) is 32.2. The molecule has 0 bridgehead atoms. The third kappa shape index (κ3) is 16.4. The van der Waals surface area contributed by atoms with Crippen molar-refractivity contribution in [3.8, 4) is 0 Å². The van der Waals surface area contributed by atoms with Crippen LogP contribution in [0.5, 0.6) is 0 Å². The average molecular weight is 942 g/mol. The Morgan fingerprint density at radius 3 is 1.56 bits per heavy atom. The molecule has 0 aliphatic rings. The number of amides is 6. The van der Waals surface area contributed by atoms with E-state index in [1.54, 1.807) is 26.2 Å². The van der Waals surface area contributed by atoms with Crippen LogP contribution in [0.1, 0.15) is 77.1 Å². The first-order valence-electron chi connectivity index (χ1n) is 22.3. The summed E-state index contributed by atoms with van der Waals surface area (Å²) >= 11 is 0. The van der Waals surface area contributed by atoms with Crippen molar-refractivity contribution in [1.29, 1.82) is 0 Å². The molecule has 0 saturated carbocycles. The molecule has 21 heteroatoms. The molecule has 2 aromatic carbocycles. The second-order valence-electron chi connectivity index (χ2n) is 17.4. The lowest BCUT2D eigenvalue weighted by atomic mass is 9.99. The lowest BCUT2D eigenvalue weighted by Gasteiger charge is -2.28. The third-order valence-electron chi connectivity index (χ3n) is 10.8. The van der Waals surface area contributed by atoms with Crippen LogP contribution < -0.4 is 38.1 Å². The van der Waals surface area contributed by atoms with Crippen LogP contribution in [0.15, 0.2) is 73.4 Å². The van der Waals surface area contributed by atoms with Gasteiger partial charge >= 0.3 is 5.97 Å². The van der Waals surface area contributed by atoms with E-state index in [1.807, 2.05) is 62.4 Å². The van der Waals surface area contributed by atoms with Gasteiger partial charge in [0.05, 0.1) is 12.4 Å². The molecule has 68 heavy (non-hydrogen) atoms. The number of aromatic amines is 3.